The van der Waals surface area contributed by atoms with Crippen LogP contribution in [0.15, 0.2) is 53.4 Å². The SMILES string of the molecule is Cc1ccc(S(=O)(=O)NCc2ccccc2)cc1C(=O)N[C@H]1CCC[C@@]1(C)CO. The van der Waals surface area contributed by atoms with Crippen LogP contribution in [-0.2, 0) is 16.6 Å². The molecule has 0 aliphatic heterocycles. The molecular formula is C22H28N2O4S. The summed E-state index contributed by atoms with van der Waals surface area (Å²) in [4.78, 5) is 12.9. The van der Waals surface area contributed by atoms with Crippen LogP contribution < -0.4 is 10.0 Å². The first-order valence-corrected chi connectivity index (χ1v) is 11.3. The summed E-state index contributed by atoms with van der Waals surface area (Å²) in [6.45, 7) is 3.93. The number of amides is 1. The molecule has 0 saturated heterocycles. The number of sulfonamides is 1. The maximum absolute atomic E-state index is 12.9. The van der Waals surface area contributed by atoms with E-state index in [-0.39, 0.29) is 35.4 Å². The average Bonchev–Trinajstić information content (AvgIpc) is 3.08. The lowest BCUT2D eigenvalue weighted by Crippen LogP contribution is -2.45. The van der Waals surface area contributed by atoms with Crippen LogP contribution in [0.4, 0.5) is 0 Å². The van der Waals surface area contributed by atoms with Crippen LogP contribution in [0.25, 0.3) is 0 Å². The molecule has 0 radical (unpaired) electrons. The Balaban J connectivity index is 1.77. The van der Waals surface area contributed by atoms with Crippen molar-refractivity contribution in [1.29, 1.82) is 0 Å². The second-order valence-corrected chi connectivity index (χ2v) is 9.78. The Bertz CT molecular complexity index is 976. The highest BCUT2D eigenvalue weighted by Crippen LogP contribution is 2.37. The lowest BCUT2D eigenvalue weighted by Gasteiger charge is -2.30. The number of hydrogen-bond acceptors (Lipinski definition) is 4. The lowest BCUT2D eigenvalue weighted by molar-refractivity contribution is 0.0830. The zero-order valence-corrected chi connectivity index (χ0v) is 17.6. The van der Waals surface area contributed by atoms with Crippen molar-refractivity contribution in [2.24, 2.45) is 5.41 Å². The molecule has 0 heterocycles. The molecule has 0 bridgehead atoms. The molecule has 1 aliphatic rings. The van der Waals surface area contributed by atoms with Crippen LogP contribution in [-0.4, -0.2) is 32.1 Å². The number of aryl methyl sites for hydroxylation is 1. The van der Waals surface area contributed by atoms with Crippen LogP contribution in [0.3, 0.4) is 0 Å². The first-order chi connectivity index (χ1) is 13.7. The second-order valence-electron chi connectivity index (χ2n) is 8.02. The van der Waals surface area contributed by atoms with Gasteiger partial charge in [-0.2, -0.15) is 0 Å². The van der Waals surface area contributed by atoms with E-state index < -0.39 is 10.0 Å². The normalized spacial score (nSPS) is 21.8. The van der Waals surface area contributed by atoms with Gasteiger partial charge < -0.3 is 10.4 Å². The molecule has 1 saturated carbocycles. The molecule has 6 nitrogen and oxygen atoms in total. The van der Waals surface area contributed by atoms with Gasteiger partial charge in [-0.05, 0) is 43.0 Å². The van der Waals surface area contributed by atoms with Crippen LogP contribution in [0.1, 0.15) is 47.7 Å². The van der Waals surface area contributed by atoms with E-state index in [0.717, 1.165) is 24.8 Å². The molecule has 0 spiro atoms. The molecule has 29 heavy (non-hydrogen) atoms. The van der Waals surface area contributed by atoms with Gasteiger partial charge in [-0.15, -0.1) is 0 Å². The largest absolute Gasteiger partial charge is 0.396 e. The molecule has 3 N–H and O–H groups in total. The number of nitrogens with one attached hydrogen (secondary N) is 2. The van der Waals surface area contributed by atoms with Crippen LogP contribution in [0.5, 0.6) is 0 Å². The van der Waals surface area contributed by atoms with E-state index in [1.807, 2.05) is 37.3 Å². The number of carbonyl (C=O) groups excluding carboxylic acids is 1. The molecule has 2 aromatic rings. The quantitative estimate of drug-likeness (QED) is 0.647. The van der Waals surface area contributed by atoms with Crippen molar-refractivity contribution in [3.63, 3.8) is 0 Å². The van der Waals surface area contributed by atoms with Crippen molar-refractivity contribution in [1.82, 2.24) is 10.0 Å². The summed E-state index contributed by atoms with van der Waals surface area (Å²) in [5.74, 6) is -0.311. The van der Waals surface area contributed by atoms with Gasteiger partial charge in [0.05, 0.1) is 11.5 Å². The Labute approximate surface area is 172 Å². The number of aliphatic hydroxyl groups is 1. The molecular weight excluding hydrogens is 388 g/mol. The zero-order valence-electron chi connectivity index (χ0n) is 16.8. The molecule has 0 unspecified atom stereocenters. The highest BCUT2D eigenvalue weighted by Gasteiger charge is 2.39. The number of benzene rings is 2. The maximum Gasteiger partial charge on any atom is 0.251 e. The minimum atomic E-state index is -3.76. The van der Waals surface area contributed by atoms with E-state index in [2.05, 4.69) is 10.0 Å². The summed E-state index contributed by atoms with van der Waals surface area (Å²) >= 11 is 0. The predicted molar refractivity (Wildman–Crippen MR) is 112 cm³/mol. The fraction of sp³-hybridized carbons (Fsp3) is 0.409. The van der Waals surface area contributed by atoms with Crippen LogP contribution in [0.2, 0.25) is 0 Å². The number of aliphatic hydroxyl groups excluding tert-OH is 1. The molecule has 0 aromatic heterocycles. The standard InChI is InChI=1S/C22H28N2O4S/c1-16-10-11-18(29(27,28)23-14-17-7-4-3-5-8-17)13-19(16)21(26)24-20-9-6-12-22(20,2)15-25/h3-5,7-8,10-11,13,20,23,25H,6,9,12,14-15H2,1-2H3,(H,24,26)/t20-,22-/m0/s1. The summed E-state index contributed by atoms with van der Waals surface area (Å²) in [6.07, 6.45) is 2.60. The maximum atomic E-state index is 12.9. The van der Waals surface area contributed by atoms with E-state index in [1.165, 1.54) is 12.1 Å². The minimum absolute atomic E-state index is 0.00868. The predicted octanol–water partition coefficient (Wildman–Crippen LogP) is 2.75. The lowest BCUT2D eigenvalue weighted by atomic mass is 9.85. The Morgan fingerprint density at radius 2 is 1.93 bits per heavy atom. The van der Waals surface area contributed by atoms with Crippen molar-refractivity contribution in [3.05, 3.63) is 65.2 Å². The third-order valence-corrected chi connectivity index (χ3v) is 7.22. The first-order valence-electron chi connectivity index (χ1n) is 9.81. The minimum Gasteiger partial charge on any atom is -0.396 e. The Morgan fingerprint density at radius 1 is 1.21 bits per heavy atom. The monoisotopic (exact) mass is 416 g/mol. The van der Waals surface area contributed by atoms with Gasteiger partial charge >= 0.3 is 0 Å². The molecule has 2 aromatic carbocycles. The molecule has 7 heteroatoms. The molecule has 2 atom stereocenters. The molecule has 3 rings (SSSR count). The summed E-state index contributed by atoms with van der Waals surface area (Å²) in [5.41, 5.74) is 1.54. The smallest absolute Gasteiger partial charge is 0.251 e. The van der Waals surface area contributed by atoms with Gasteiger partial charge in [0.1, 0.15) is 0 Å². The summed E-state index contributed by atoms with van der Waals surface area (Å²) < 4.78 is 28.0. The average molecular weight is 417 g/mol. The Kier molecular flexibility index (Phi) is 6.41. The molecule has 1 aliphatic carbocycles. The van der Waals surface area contributed by atoms with E-state index in [4.69, 9.17) is 0 Å². The summed E-state index contributed by atoms with van der Waals surface area (Å²) in [5, 5.41) is 12.7. The van der Waals surface area contributed by atoms with Gasteiger partial charge in [0, 0.05) is 23.6 Å². The van der Waals surface area contributed by atoms with E-state index in [1.54, 1.807) is 13.0 Å². The fourth-order valence-electron chi connectivity index (χ4n) is 3.77. The zero-order chi connectivity index (χ0) is 21.1. The molecule has 1 amide bonds. The molecule has 1 fully saturated rings. The fourth-order valence-corrected chi connectivity index (χ4v) is 4.82. The van der Waals surface area contributed by atoms with Crippen molar-refractivity contribution >= 4 is 15.9 Å². The Hall–Kier alpha value is -2.22. The highest BCUT2D eigenvalue weighted by atomic mass is 32.2. The van der Waals surface area contributed by atoms with Crippen molar-refractivity contribution in [2.75, 3.05) is 6.61 Å². The topological polar surface area (TPSA) is 95.5 Å². The highest BCUT2D eigenvalue weighted by molar-refractivity contribution is 7.89. The van der Waals surface area contributed by atoms with E-state index >= 15 is 0 Å². The van der Waals surface area contributed by atoms with Gasteiger partial charge in [-0.1, -0.05) is 49.7 Å². The van der Waals surface area contributed by atoms with Crippen LogP contribution >= 0.6 is 0 Å². The van der Waals surface area contributed by atoms with Crippen LogP contribution in [0, 0.1) is 12.3 Å². The van der Waals surface area contributed by atoms with Gasteiger partial charge in [0.15, 0.2) is 0 Å². The first kappa shape index (κ1) is 21.5. The number of carbonyl (C=O) groups is 1. The molecule has 156 valence electrons. The Morgan fingerprint density at radius 3 is 2.62 bits per heavy atom. The summed E-state index contributed by atoms with van der Waals surface area (Å²) in [6, 6.07) is 13.7. The van der Waals surface area contributed by atoms with Gasteiger partial charge in [-0.25, -0.2) is 13.1 Å². The van der Waals surface area contributed by atoms with E-state index in [9.17, 15) is 18.3 Å². The van der Waals surface area contributed by atoms with Gasteiger partial charge in [-0.3, -0.25) is 4.79 Å². The number of rotatable bonds is 7. The number of hydrogen-bond donors (Lipinski definition) is 3. The van der Waals surface area contributed by atoms with E-state index in [0.29, 0.717) is 11.1 Å². The second kappa shape index (κ2) is 8.65. The van der Waals surface area contributed by atoms with Gasteiger partial charge in [0.25, 0.3) is 5.91 Å². The summed E-state index contributed by atoms with van der Waals surface area (Å²) in [7, 11) is -3.76. The van der Waals surface area contributed by atoms with Crippen molar-refractivity contribution in [2.45, 2.75) is 50.6 Å². The van der Waals surface area contributed by atoms with Crippen molar-refractivity contribution in [3.8, 4) is 0 Å². The third-order valence-electron chi connectivity index (χ3n) is 5.82. The third kappa shape index (κ3) is 4.86. The van der Waals surface area contributed by atoms with Crippen molar-refractivity contribution < 1.29 is 18.3 Å². The van der Waals surface area contributed by atoms with Gasteiger partial charge in [0.2, 0.25) is 10.0 Å².